The predicted molar refractivity (Wildman–Crippen MR) is 106 cm³/mol. The molecule has 7 heteroatoms. The molecule has 0 aliphatic heterocycles. The van der Waals surface area contributed by atoms with Gasteiger partial charge < -0.3 is 15.4 Å². The van der Waals surface area contributed by atoms with Crippen molar-refractivity contribution < 1.29 is 4.74 Å². The number of guanidine groups is 1. The predicted octanol–water partition coefficient (Wildman–Crippen LogP) is 3.59. The van der Waals surface area contributed by atoms with E-state index >= 15 is 0 Å². The third kappa shape index (κ3) is 6.65. The van der Waals surface area contributed by atoms with Crippen molar-refractivity contribution in [3.63, 3.8) is 0 Å². The Morgan fingerprint density at radius 2 is 2.24 bits per heavy atom. The summed E-state index contributed by atoms with van der Waals surface area (Å²) >= 11 is 7.80. The van der Waals surface area contributed by atoms with Gasteiger partial charge in [-0.15, -0.1) is 11.3 Å². The number of aliphatic imine (C=N–C) groups is 1. The average Bonchev–Trinajstić information content (AvgIpc) is 3.01. The highest BCUT2D eigenvalue weighted by Gasteiger charge is 2.11. The Hall–Kier alpha value is -1.63. The molecule has 0 aliphatic rings. The summed E-state index contributed by atoms with van der Waals surface area (Å²) in [5, 5.41) is 8.44. The van der Waals surface area contributed by atoms with Crippen molar-refractivity contribution in [2.45, 2.75) is 26.4 Å². The highest BCUT2D eigenvalue weighted by molar-refractivity contribution is 7.11. The second-order valence-corrected chi connectivity index (χ2v) is 7.30. The average molecular weight is 381 g/mol. The normalized spacial score (nSPS) is 12.9. The molecule has 0 fully saturated rings. The van der Waals surface area contributed by atoms with E-state index in [9.17, 15) is 0 Å². The van der Waals surface area contributed by atoms with Crippen LogP contribution in [0.2, 0.25) is 5.02 Å². The van der Waals surface area contributed by atoms with E-state index in [1.165, 1.54) is 4.88 Å². The third-order valence-electron chi connectivity index (χ3n) is 3.56. The first kappa shape index (κ1) is 19.7. The highest BCUT2D eigenvalue weighted by Crippen LogP contribution is 2.20. The second-order valence-electron chi connectivity index (χ2n) is 5.54. The second kappa shape index (κ2) is 10.4. The van der Waals surface area contributed by atoms with E-state index in [4.69, 9.17) is 16.3 Å². The van der Waals surface area contributed by atoms with Gasteiger partial charge in [0.25, 0.3) is 0 Å². The molecule has 1 aromatic carbocycles. The molecule has 0 amide bonds. The lowest BCUT2D eigenvalue weighted by molar-refractivity contribution is 0.111. The van der Waals surface area contributed by atoms with Gasteiger partial charge in [-0.3, -0.25) is 4.99 Å². The van der Waals surface area contributed by atoms with Gasteiger partial charge in [-0.1, -0.05) is 23.7 Å². The van der Waals surface area contributed by atoms with Gasteiger partial charge in [0.1, 0.15) is 6.10 Å². The number of hydrogen-bond donors (Lipinski definition) is 2. The highest BCUT2D eigenvalue weighted by atomic mass is 35.5. The van der Waals surface area contributed by atoms with E-state index in [0.29, 0.717) is 11.6 Å². The number of benzene rings is 1. The lowest BCUT2D eigenvalue weighted by atomic mass is 10.1. The van der Waals surface area contributed by atoms with E-state index in [0.717, 1.165) is 36.0 Å². The lowest BCUT2D eigenvalue weighted by Gasteiger charge is -2.16. The Kier molecular flexibility index (Phi) is 8.18. The molecule has 2 N–H and O–H groups in total. The standard InChI is InChI=1S/C18H25ClN4OS/c1-4-20-18(21-9-8-17-22-11-13(2)25-17)23-12-16(24-3)14-6-5-7-15(19)10-14/h5-7,10-11,16H,4,8-9,12H2,1-3H3,(H2,20,21,23). The lowest BCUT2D eigenvalue weighted by Crippen LogP contribution is -2.38. The minimum absolute atomic E-state index is 0.129. The SMILES string of the molecule is CCNC(=NCC(OC)c1cccc(Cl)c1)NCCc1ncc(C)s1. The first-order valence-corrected chi connectivity index (χ1v) is 9.53. The molecule has 2 rings (SSSR count). The summed E-state index contributed by atoms with van der Waals surface area (Å²) in [6, 6.07) is 7.69. The molecule has 1 unspecified atom stereocenters. The number of methoxy groups -OCH3 is 1. The van der Waals surface area contributed by atoms with E-state index in [-0.39, 0.29) is 6.10 Å². The van der Waals surface area contributed by atoms with Crippen LogP contribution in [0, 0.1) is 6.92 Å². The number of aromatic nitrogens is 1. The summed E-state index contributed by atoms with van der Waals surface area (Å²) in [7, 11) is 1.69. The molecule has 25 heavy (non-hydrogen) atoms. The van der Waals surface area contributed by atoms with Crippen LogP contribution in [0.15, 0.2) is 35.5 Å². The summed E-state index contributed by atoms with van der Waals surface area (Å²) in [6.07, 6.45) is 2.66. The van der Waals surface area contributed by atoms with Gasteiger partial charge in [0.2, 0.25) is 0 Å². The fraction of sp³-hybridized carbons (Fsp3) is 0.444. The van der Waals surface area contributed by atoms with E-state index in [2.05, 4.69) is 27.5 Å². The van der Waals surface area contributed by atoms with Crippen LogP contribution in [-0.2, 0) is 11.2 Å². The van der Waals surface area contributed by atoms with Crippen molar-refractivity contribution in [3.8, 4) is 0 Å². The van der Waals surface area contributed by atoms with E-state index in [1.807, 2.05) is 37.4 Å². The van der Waals surface area contributed by atoms with Crippen LogP contribution in [-0.4, -0.2) is 37.7 Å². The summed E-state index contributed by atoms with van der Waals surface area (Å²) in [5.74, 6) is 0.778. The molecule has 1 aromatic heterocycles. The minimum atomic E-state index is -0.129. The van der Waals surface area contributed by atoms with Crippen LogP contribution in [0.25, 0.3) is 0 Å². The van der Waals surface area contributed by atoms with Gasteiger partial charge in [-0.25, -0.2) is 4.98 Å². The van der Waals surface area contributed by atoms with Crippen LogP contribution >= 0.6 is 22.9 Å². The summed E-state index contributed by atoms with van der Waals surface area (Å²) in [6.45, 7) is 6.22. The molecule has 1 atom stereocenters. The number of hydrogen-bond acceptors (Lipinski definition) is 4. The zero-order valence-electron chi connectivity index (χ0n) is 14.9. The van der Waals surface area contributed by atoms with Gasteiger partial charge in [-0.05, 0) is 31.5 Å². The number of rotatable bonds is 8. The van der Waals surface area contributed by atoms with E-state index < -0.39 is 0 Å². The maximum atomic E-state index is 6.07. The molecular formula is C18H25ClN4OS. The van der Waals surface area contributed by atoms with Gasteiger partial charge in [-0.2, -0.15) is 0 Å². The van der Waals surface area contributed by atoms with Crippen molar-refractivity contribution in [1.29, 1.82) is 0 Å². The first-order chi connectivity index (χ1) is 12.1. The number of ether oxygens (including phenoxy) is 1. The van der Waals surface area contributed by atoms with Crippen molar-refractivity contribution >= 4 is 28.9 Å². The molecule has 0 radical (unpaired) electrons. The topological polar surface area (TPSA) is 58.5 Å². The third-order valence-corrected chi connectivity index (χ3v) is 4.77. The molecule has 5 nitrogen and oxygen atoms in total. The Balaban J connectivity index is 1.92. The van der Waals surface area contributed by atoms with Crippen molar-refractivity contribution in [2.24, 2.45) is 4.99 Å². The van der Waals surface area contributed by atoms with Gasteiger partial charge in [0, 0.05) is 42.7 Å². The van der Waals surface area contributed by atoms with Gasteiger partial charge in [0.05, 0.1) is 11.6 Å². The largest absolute Gasteiger partial charge is 0.375 e. The molecule has 2 aromatic rings. The zero-order chi connectivity index (χ0) is 18.1. The first-order valence-electron chi connectivity index (χ1n) is 8.34. The summed E-state index contributed by atoms with van der Waals surface area (Å²) < 4.78 is 5.57. The van der Waals surface area contributed by atoms with Crippen molar-refractivity contribution in [1.82, 2.24) is 15.6 Å². The molecule has 0 spiro atoms. The number of thiazole rings is 1. The minimum Gasteiger partial charge on any atom is -0.375 e. The van der Waals surface area contributed by atoms with Crippen molar-refractivity contribution in [2.75, 3.05) is 26.7 Å². The Bertz CT molecular complexity index is 689. The molecule has 1 heterocycles. The summed E-state index contributed by atoms with van der Waals surface area (Å²) in [5.41, 5.74) is 1.02. The number of nitrogens with zero attached hydrogens (tertiary/aromatic N) is 2. The molecule has 0 saturated carbocycles. The zero-order valence-corrected chi connectivity index (χ0v) is 16.5. The molecule has 0 bridgehead atoms. The maximum absolute atomic E-state index is 6.07. The Morgan fingerprint density at radius 1 is 1.40 bits per heavy atom. The quantitative estimate of drug-likeness (QED) is 0.542. The maximum Gasteiger partial charge on any atom is 0.191 e. The van der Waals surface area contributed by atoms with Gasteiger partial charge >= 0.3 is 0 Å². The molecular weight excluding hydrogens is 356 g/mol. The monoisotopic (exact) mass is 380 g/mol. The van der Waals surface area contributed by atoms with Crippen LogP contribution in [0.4, 0.5) is 0 Å². The number of aryl methyl sites for hydroxylation is 1. The number of halogens is 1. The Labute approximate surface area is 158 Å². The fourth-order valence-corrected chi connectivity index (χ4v) is 3.33. The molecule has 0 aliphatic carbocycles. The smallest absolute Gasteiger partial charge is 0.191 e. The van der Waals surface area contributed by atoms with Crippen LogP contribution < -0.4 is 10.6 Å². The van der Waals surface area contributed by atoms with Crippen LogP contribution in [0.5, 0.6) is 0 Å². The van der Waals surface area contributed by atoms with E-state index in [1.54, 1.807) is 18.4 Å². The molecule has 0 saturated heterocycles. The Morgan fingerprint density at radius 3 is 2.88 bits per heavy atom. The van der Waals surface area contributed by atoms with Crippen LogP contribution in [0.1, 0.15) is 28.5 Å². The van der Waals surface area contributed by atoms with Crippen molar-refractivity contribution in [3.05, 3.63) is 50.9 Å². The van der Waals surface area contributed by atoms with Gasteiger partial charge in [0.15, 0.2) is 5.96 Å². The fourth-order valence-electron chi connectivity index (χ4n) is 2.34. The summed E-state index contributed by atoms with van der Waals surface area (Å²) in [4.78, 5) is 10.3. The number of nitrogens with one attached hydrogen (secondary N) is 2. The van der Waals surface area contributed by atoms with Crippen LogP contribution in [0.3, 0.4) is 0 Å². The molecule has 136 valence electrons.